The van der Waals surface area contributed by atoms with Crippen LogP contribution in [0.4, 0.5) is 13.2 Å². The van der Waals surface area contributed by atoms with E-state index in [9.17, 15) is 13.2 Å². The highest BCUT2D eigenvalue weighted by atomic mass is 19.4. The first-order valence-electron chi connectivity index (χ1n) is 5.24. The molecule has 0 aliphatic heterocycles. The molecule has 16 heavy (non-hydrogen) atoms. The van der Waals surface area contributed by atoms with E-state index in [1.54, 1.807) is 13.0 Å². The average molecular weight is 231 g/mol. The molecule has 0 bridgehead atoms. The molecule has 0 radical (unpaired) electrons. The highest BCUT2D eigenvalue weighted by Crippen LogP contribution is 2.33. The van der Waals surface area contributed by atoms with E-state index in [0.717, 1.165) is 18.9 Å². The molecule has 0 saturated heterocycles. The minimum absolute atomic E-state index is 0.0909. The molecular formula is C11H12F3NO. The number of alkyl halides is 3. The van der Waals surface area contributed by atoms with Gasteiger partial charge in [-0.15, -0.1) is 0 Å². The van der Waals surface area contributed by atoms with E-state index in [1.165, 1.54) is 0 Å². The summed E-state index contributed by atoms with van der Waals surface area (Å²) in [6.07, 6.45) is -2.01. The monoisotopic (exact) mass is 231 g/mol. The Hall–Kier alpha value is -1.26. The normalized spacial score (nSPS) is 16.2. The van der Waals surface area contributed by atoms with Gasteiger partial charge in [0, 0.05) is 17.8 Å². The fourth-order valence-corrected chi connectivity index (χ4v) is 1.33. The summed E-state index contributed by atoms with van der Waals surface area (Å²) in [5.74, 6) is 0.279. The van der Waals surface area contributed by atoms with Crippen molar-refractivity contribution >= 4 is 0 Å². The van der Waals surface area contributed by atoms with Gasteiger partial charge < -0.3 is 4.74 Å². The van der Waals surface area contributed by atoms with Gasteiger partial charge in [0.1, 0.15) is 11.4 Å². The summed E-state index contributed by atoms with van der Waals surface area (Å²) in [6, 6.07) is 2.55. The number of aryl methyl sites for hydroxylation is 1. The van der Waals surface area contributed by atoms with Crippen LogP contribution in [-0.4, -0.2) is 11.1 Å². The lowest BCUT2D eigenvalue weighted by molar-refractivity contribution is -0.141. The van der Waals surface area contributed by atoms with Crippen molar-refractivity contribution in [2.45, 2.75) is 38.5 Å². The molecule has 5 heteroatoms. The first-order valence-corrected chi connectivity index (χ1v) is 5.24. The van der Waals surface area contributed by atoms with Crippen LogP contribution in [0, 0.1) is 0 Å². The van der Waals surface area contributed by atoms with Crippen LogP contribution in [0.3, 0.4) is 0 Å². The lowest BCUT2D eigenvalue weighted by atomic mass is 10.2. The van der Waals surface area contributed by atoms with Gasteiger partial charge in [0.15, 0.2) is 0 Å². The Kier molecular flexibility index (Phi) is 2.78. The molecule has 2 nitrogen and oxygen atoms in total. The third kappa shape index (κ3) is 2.65. The van der Waals surface area contributed by atoms with Gasteiger partial charge in [0.2, 0.25) is 0 Å². The quantitative estimate of drug-likeness (QED) is 0.796. The molecule has 0 amide bonds. The zero-order valence-corrected chi connectivity index (χ0v) is 8.84. The third-order valence-corrected chi connectivity index (χ3v) is 2.33. The first-order chi connectivity index (χ1) is 7.49. The molecular weight excluding hydrogens is 219 g/mol. The summed E-state index contributed by atoms with van der Waals surface area (Å²) in [5.41, 5.74) is -0.465. The Morgan fingerprint density at radius 3 is 2.56 bits per heavy atom. The van der Waals surface area contributed by atoms with Gasteiger partial charge in [0.25, 0.3) is 0 Å². The molecule has 0 atom stereocenters. The zero-order chi connectivity index (χ0) is 11.8. The van der Waals surface area contributed by atoms with Crippen molar-refractivity contribution in [2.24, 2.45) is 0 Å². The summed E-state index contributed by atoms with van der Waals surface area (Å²) < 4.78 is 42.9. The predicted molar refractivity (Wildman–Crippen MR) is 52.3 cm³/mol. The Morgan fingerprint density at radius 2 is 2.06 bits per heavy atom. The molecule has 0 unspecified atom stereocenters. The topological polar surface area (TPSA) is 22.1 Å². The summed E-state index contributed by atoms with van der Waals surface area (Å²) in [5, 5.41) is 0. The lowest BCUT2D eigenvalue weighted by Crippen LogP contribution is -2.10. The molecule has 0 spiro atoms. The largest absolute Gasteiger partial charge is 0.490 e. The lowest BCUT2D eigenvalue weighted by Gasteiger charge is -2.11. The number of aromatic nitrogens is 1. The molecule has 1 saturated carbocycles. The zero-order valence-electron chi connectivity index (χ0n) is 8.84. The molecule has 1 fully saturated rings. The van der Waals surface area contributed by atoms with Gasteiger partial charge in [-0.05, 0) is 19.3 Å². The van der Waals surface area contributed by atoms with Gasteiger partial charge in [-0.1, -0.05) is 6.92 Å². The number of hydrogen-bond donors (Lipinski definition) is 0. The van der Waals surface area contributed by atoms with Crippen molar-refractivity contribution in [3.05, 3.63) is 23.5 Å². The van der Waals surface area contributed by atoms with Crippen molar-refractivity contribution < 1.29 is 17.9 Å². The fourth-order valence-electron chi connectivity index (χ4n) is 1.33. The summed E-state index contributed by atoms with van der Waals surface area (Å²) in [7, 11) is 0. The average Bonchev–Trinajstić information content (AvgIpc) is 3.00. The minimum Gasteiger partial charge on any atom is -0.490 e. The molecule has 1 aliphatic rings. The second-order valence-electron chi connectivity index (χ2n) is 3.85. The van der Waals surface area contributed by atoms with Crippen LogP contribution in [-0.2, 0) is 12.6 Å². The summed E-state index contributed by atoms with van der Waals surface area (Å²) in [4.78, 5) is 3.55. The number of nitrogens with zero attached hydrogens (tertiary/aromatic N) is 1. The van der Waals surface area contributed by atoms with Gasteiger partial charge in [-0.2, -0.15) is 13.2 Å². The van der Waals surface area contributed by atoms with E-state index in [-0.39, 0.29) is 11.9 Å². The van der Waals surface area contributed by atoms with E-state index < -0.39 is 11.9 Å². The van der Waals surface area contributed by atoms with E-state index >= 15 is 0 Å². The smallest absolute Gasteiger partial charge is 0.433 e. The summed E-state index contributed by atoms with van der Waals surface area (Å²) >= 11 is 0. The number of ether oxygens (including phenoxy) is 1. The van der Waals surface area contributed by atoms with Crippen LogP contribution in [0.15, 0.2) is 12.1 Å². The van der Waals surface area contributed by atoms with Crippen LogP contribution in [0.1, 0.15) is 31.2 Å². The molecule has 88 valence electrons. The summed E-state index contributed by atoms with van der Waals surface area (Å²) in [6.45, 7) is 1.77. The Labute approximate surface area is 91.4 Å². The predicted octanol–water partition coefficient (Wildman–Crippen LogP) is 3.20. The maximum atomic E-state index is 12.5. The fraction of sp³-hybridized carbons (Fsp3) is 0.545. The molecule has 1 aromatic rings. The molecule has 1 aliphatic carbocycles. The second-order valence-corrected chi connectivity index (χ2v) is 3.85. The van der Waals surface area contributed by atoms with Crippen molar-refractivity contribution in [1.82, 2.24) is 4.98 Å². The van der Waals surface area contributed by atoms with Gasteiger partial charge in [0.05, 0.1) is 6.10 Å². The van der Waals surface area contributed by atoms with Crippen LogP contribution in [0.5, 0.6) is 5.75 Å². The van der Waals surface area contributed by atoms with Gasteiger partial charge in [-0.3, -0.25) is 0 Å². The molecule has 2 rings (SSSR count). The van der Waals surface area contributed by atoms with Crippen molar-refractivity contribution in [2.75, 3.05) is 0 Å². The van der Waals surface area contributed by atoms with E-state index in [1.807, 2.05) is 0 Å². The van der Waals surface area contributed by atoms with Crippen molar-refractivity contribution in [3.63, 3.8) is 0 Å². The molecule has 0 aromatic carbocycles. The van der Waals surface area contributed by atoms with Crippen LogP contribution >= 0.6 is 0 Å². The Morgan fingerprint density at radius 1 is 1.38 bits per heavy atom. The van der Waals surface area contributed by atoms with Crippen LogP contribution in [0.25, 0.3) is 0 Å². The van der Waals surface area contributed by atoms with Gasteiger partial charge >= 0.3 is 6.18 Å². The molecule has 1 heterocycles. The first kappa shape index (κ1) is 11.2. The number of hydrogen-bond acceptors (Lipinski definition) is 2. The van der Waals surface area contributed by atoms with Crippen LogP contribution in [0.2, 0.25) is 0 Å². The molecule has 0 N–H and O–H groups in total. The van der Waals surface area contributed by atoms with Crippen molar-refractivity contribution in [1.29, 1.82) is 0 Å². The standard InChI is InChI=1S/C11H12F3NO/c1-2-7-5-9(16-8-3-4-8)6-10(15-7)11(12,13)14/h5-6,8H,2-4H2,1H3. The minimum atomic E-state index is -4.41. The maximum Gasteiger partial charge on any atom is 0.433 e. The van der Waals surface area contributed by atoms with E-state index in [0.29, 0.717) is 12.1 Å². The number of rotatable bonds is 3. The SMILES string of the molecule is CCc1cc(OC2CC2)cc(C(F)(F)F)n1. The second kappa shape index (κ2) is 3.96. The Bertz CT molecular complexity index is 385. The highest BCUT2D eigenvalue weighted by Gasteiger charge is 2.34. The van der Waals surface area contributed by atoms with E-state index in [2.05, 4.69) is 4.98 Å². The van der Waals surface area contributed by atoms with Gasteiger partial charge in [-0.25, -0.2) is 4.98 Å². The van der Waals surface area contributed by atoms with Crippen LogP contribution < -0.4 is 4.74 Å². The number of pyridine rings is 1. The van der Waals surface area contributed by atoms with E-state index in [4.69, 9.17) is 4.74 Å². The maximum absolute atomic E-state index is 12.5. The third-order valence-electron chi connectivity index (χ3n) is 2.33. The highest BCUT2D eigenvalue weighted by molar-refractivity contribution is 5.29. The Balaban J connectivity index is 2.29. The number of halogens is 3. The molecule has 1 aromatic heterocycles. The van der Waals surface area contributed by atoms with Crippen molar-refractivity contribution in [3.8, 4) is 5.75 Å².